The number of anilines is 1. The molecule has 0 aliphatic rings. The Morgan fingerprint density at radius 2 is 1.85 bits per heavy atom. The lowest BCUT2D eigenvalue weighted by molar-refractivity contribution is -0.118. The number of amides is 1. The number of benzene rings is 2. The van der Waals surface area contributed by atoms with Crippen LogP contribution in [0, 0.1) is 0 Å². The van der Waals surface area contributed by atoms with Crippen LogP contribution in [0.4, 0.5) is 5.69 Å². The van der Waals surface area contributed by atoms with Crippen LogP contribution in [0.15, 0.2) is 42.5 Å². The Morgan fingerprint density at radius 3 is 2.46 bits per heavy atom. The fraction of sp³-hybridized carbons (Fsp3) is 0.250. The summed E-state index contributed by atoms with van der Waals surface area (Å²) in [7, 11) is 0. The minimum Gasteiger partial charge on any atom is -0.478 e. The summed E-state index contributed by atoms with van der Waals surface area (Å²) in [6.45, 7) is 4.57. The van der Waals surface area contributed by atoms with Gasteiger partial charge in [0.05, 0.1) is 11.1 Å². The van der Waals surface area contributed by atoms with E-state index in [-0.39, 0.29) is 11.5 Å². The molecule has 0 aliphatic heterocycles. The fourth-order valence-corrected chi connectivity index (χ4v) is 2.95. The molecule has 0 saturated heterocycles. The van der Waals surface area contributed by atoms with E-state index in [9.17, 15) is 14.7 Å². The third-order valence-electron chi connectivity index (χ3n) is 4.25. The zero-order valence-corrected chi connectivity index (χ0v) is 14.8. The lowest BCUT2D eigenvalue weighted by Gasteiger charge is -2.21. The van der Waals surface area contributed by atoms with E-state index in [2.05, 4.69) is 9.97 Å². The van der Waals surface area contributed by atoms with Crippen LogP contribution >= 0.6 is 0 Å². The maximum Gasteiger partial charge on any atom is 0.337 e. The van der Waals surface area contributed by atoms with Crippen molar-refractivity contribution in [3.63, 3.8) is 0 Å². The van der Waals surface area contributed by atoms with Crippen molar-refractivity contribution in [1.29, 1.82) is 0 Å². The average molecular weight is 351 g/mol. The molecule has 2 aromatic carbocycles. The SMILES string of the molecule is CCCN(C(=O)CC)c1ccc(-c2nc3c(C(=O)O)cccc3[nH]2)cc1. The average Bonchev–Trinajstić information content (AvgIpc) is 3.09. The van der Waals surface area contributed by atoms with Crippen LogP contribution in [-0.4, -0.2) is 33.5 Å². The Morgan fingerprint density at radius 1 is 1.12 bits per heavy atom. The van der Waals surface area contributed by atoms with Crippen molar-refractivity contribution >= 4 is 28.6 Å². The minimum atomic E-state index is -1.00. The zero-order chi connectivity index (χ0) is 18.7. The fourth-order valence-electron chi connectivity index (χ4n) is 2.95. The van der Waals surface area contributed by atoms with Crippen LogP contribution in [0.3, 0.4) is 0 Å². The molecule has 0 spiro atoms. The summed E-state index contributed by atoms with van der Waals surface area (Å²) in [6.07, 6.45) is 1.35. The number of hydrogen-bond donors (Lipinski definition) is 2. The van der Waals surface area contributed by atoms with Gasteiger partial charge in [-0.1, -0.05) is 19.9 Å². The molecule has 2 N–H and O–H groups in total. The van der Waals surface area contributed by atoms with E-state index in [0.717, 1.165) is 17.7 Å². The van der Waals surface area contributed by atoms with Gasteiger partial charge in [0.1, 0.15) is 11.3 Å². The van der Waals surface area contributed by atoms with Crippen molar-refractivity contribution in [3.8, 4) is 11.4 Å². The molecule has 1 amide bonds. The number of para-hydroxylation sites is 1. The number of aromatic amines is 1. The summed E-state index contributed by atoms with van der Waals surface area (Å²) in [4.78, 5) is 32.9. The van der Waals surface area contributed by atoms with E-state index >= 15 is 0 Å². The summed E-state index contributed by atoms with van der Waals surface area (Å²) >= 11 is 0. The second kappa shape index (κ2) is 7.39. The molecule has 26 heavy (non-hydrogen) atoms. The number of aromatic carboxylic acids is 1. The molecular formula is C20H21N3O3. The number of carbonyl (C=O) groups is 2. The van der Waals surface area contributed by atoms with E-state index in [1.165, 1.54) is 6.07 Å². The van der Waals surface area contributed by atoms with E-state index in [1.54, 1.807) is 17.0 Å². The highest BCUT2D eigenvalue weighted by Gasteiger charge is 2.15. The van der Waals surface area contributed by atoms with E-state index < -0.39 is 5.97 Å². The molecule has 0 fully saturated rings. The topological polar surface area (TPSA) is 86.3 Å². The lowest BCUT2D eigenvalue weighted by atomic mass is 10.1. The van der Waals surface area contributed by atoms with E-state index in [4.69, 9.17) is 0 Å². The van der Waals surface area contributed by atoms with Gasteiger partial charge in [-0.3, -0.25) is 4.79 Å². The highest BCUT2D eigenvalue weighted by Crippen LogP contribution is 2.25. The van der Waals surface area contributed by atoms with Gasteiger partial charge >= 0.3 is 5.97 Å². The van der Waals surface area contributed by atoms with Crippen LogP contribution in [-0.2, 0) is 4.79 Å². The Kier molecular flexibility index (Phi) is 5.02. The van der Waals surface area contributed by atoms with Gasteiger partial charge in [-0.25, -0.2) is 9.78 Å². The second-order valence-corrected chi connectivity index (χ2v) is 6.04. The smallest absolute Gasteiger partial charge is 0.337 e. The summed E-state index contributed by atoms with van der Waals surface area (Å²) in [5, 5.41) is 9.29. The number of nitrogens with zero attached hydrogens (tertiary/aromatic N) is 2. The first-order valence-corrected chi connectivity index (χ1v) is 8.68. The first-order valence-electron chi connectivity index (χ1n) is 8.68. The Balaban J connectivity index is 1.96. The number of aromatic nitrogens is 2. The molecule has 0 atom stereocenters. The normalized spacial score (nSPS) is 10.8. The number of carbonyl (C=O) groups excluding carboxylic acids is 1. The van der Waals surface area contributed by atoms with Gasteiger partial charge < -0.3 is 15.0 Å². The van der Waals surface area contributed by atoms with Crippen LogP contribution < -0.4 is 4.90 Å². The van der Waals surface area contributed by atoms with Crippen molar-refractivity contribution in [1.82, 2.24) is 9.97 Å². The van der Waals surface area contributed by atoms with Gasteiger partial charge in [-0.15, -0.1) is 0 Å². The van der Waals surface area contributed by atoms with E-state index in [1.807, 2.05) is 38.1 Å². The van der Waals surface area contributed by atoms with Gasteiger partial charge in [0, 0.05) is 24.2 Å². The molecule has 0 aliphatic carbocycles. The van der Waals surface area contributed by atoms with Gasteiger partial charge in [0.25, 0.3) is 0 Å². The predicted molar refractivity (Wildman–Crippen MR) is 101 cm³/mol. The molecule has 6 heteroatoms. The Hall–Kier alpha value is -3.15. The maximum absolute atomic E-state index is 12.1. The van der Waals surface area contributed by atoms with Crippen molar-refractivity contribution < 1.29 is 14.7 Å². The third kappa shape index (κ3) is 3.31. The monoisotopic (exact) mass is 351 g/mol. The third-order valence-corrected chi connectivity index (χ3v) is 4.25. The van der Waals surface area contributed by atoms with E-state index in [0.29, 0.717) is 29.8 Å². The summed E-state index contributed by atoms with van der Waals surface area (Å²) in [6, 6.07) is 12.6. The standard InChI is InChI=1S/C20H21N3O3/c1-3-12-23(17(24)4-2)14-10-8-13(9-11-14)19-21-16-7-5-6-15(20(25)26)18(16)22-19/h5-11H,3-4,12H2,1-2H3,(H,21,22)(H,25,26). The van der Waals surface area contributed by atoms with Crippen LogP contribution in [0.5, 0.6) is 0 Å². The molecule has 134 valence electrons. The number of hydrogen-bond acceptors (Lipinski definition) is 3. The largest absolute Gasteiger partial charge is 0.478 e. The number of nitrogens with one attached hydrogen (secondary N) is 1. The van der Waals surface area contributed by atoms with Crippen molar-refractivity contribution in [2.75, 3.05) is 11.4 Å². The van der Waals surface area contributed by atoms with Crippen molar-refractivity contribution in [3.05, 3.63) is 48.0 Å². The molecule has 6 nitrogen and oxygen atoms in total. The first kappa shape index (κ1) is 17.7. The molecular weight excluding hydrogens is 330 g/mol. The zero-order valence-electron chi connectivity index (χ0n) is 14.8. The number of carboxylic acids is 1. The lowest BCUT2D eigenvalue weighted by Crippen LogP contribution is -2.30. The quantitative estimate of drug-likeness (QED) is 0.700. The number of imidazole rings is 1. The maximum atomic E-state index is 12.1. The number of carboxylic acid groups (broad SMARTS) is 1. The highest BCUT2D eigenvalue weighted by molar-refractivity contribution is 6.01. The Bertz CT molecular complexity index is 945. The van der Waals surface area contributed by atoms with Gasteiger partial charge in [-0.2, -0.15) is 0 Å². The molecule has 0 saturated carbocycles. The molecule has 0 radical (unpaired) electrons. The predicted octanol–water partition coefficient (Wildman–Crippen LogP) is 4.08. The Labute approximate surface area is 151 Å². The second-order valence-electron chi connectivity index (χ2n) is 6.04. The van der Waals surface area contributed by atoms with Crippen LogP contribution in [0.1, 0.15) is 37.0 Å². The highest BCUT2D eigenvalue weighted by atomic mass is 16.4. The first-order chi connectivity index (χ1) is 12.5. The van der Waals surface area contributed by atoms with Crippen molar-refractivity contribution in [2.24, 2.45) is 0 Å². The molecule has 3 aromatic rings. The van der Waals surface area contributed by atoms with Gasteiger partial charge in [-0.05, 0) is 42.8 Å². The van der Waals surface area contributed by atoms with Gasteiger partial charge in [0.2, 0.25) is 5.91 Å². The van der Waals surface area contributed by atoms with Crippen LogP contribution in [0.25, 0.3) is 22.4 Å². The summed E-state index contributed by atoms with van der Waals surface area (Å²) in [5.41, 5.74) is 2.97. The number of rotatable bonds is 6. The van der Waals surface area contributed by atoms with Crippen LogP contribution in [0.2, 0.25) is 0 Å². The molecule has 3 rings (SSSR count). The summed E-state index contributed by atoms with van der Waals surface area (Å²) in [5.74, 6) is -0.309. The molecule has 1 heterocycles. The molecule has 0 bridgehead atoms. The summed E-state index contributed by atoms with van der Waals surface area (Å²) < 4.78 is 0. The van der Waals surface area contributed by atoms with Gasteiger partial charge in [0.15, 0.2) is 0 Å². The van der Waals surface area contributed by atoms with Crippen molar-refractivity contribution in [2.45, 2.75) is 26.7 Å². The minimum absolute atomic E-state index is 0.0921. The number of fused-ring (bicyclic) bond motifs is 1. The number of H-pyrrole nitrogens is 1. The molecule has 1 aromatic heterocycles. The molecule has 0 unspecified atom stereocenters.